The lowest BCUT2D eigenvalue weighted by Gasteiger charge is -2.15. The first-order chi connectivity index (χ1) is 13.3. The molecular formula is C23H28N2O3. The van der Waals surface area contributed by atoms with E-state index in [2.05, 4.69) is 10.6 Å². The number of hydrogen-bond donors (Lipinski definition) is 2. The van der Waals surface area contributed by atoms with Gasteiger partial charge in [0.2, 0.25) is 11.8 Å². The molecule has 0 aliphatic heterocycles. The maximum atomic E-state index is 12.7. The van der Waals surface area contributed by atoms with E-state index in [1.807, 2.05) is 33.8 Å². The van der Waals surface area contributed by atoms with Gasteiger partial charge in [0.05, 0.1) is 11.4 Å². The van der Waals surface area contributed by atoms with Gasteiger partial charge in [0, 0.05) is 24.0 Å². The second kappa shape index (κ2) is 9.83. The molecule has 0 spiro atoms. The molecule has 28 heavy (non-hydrogen) atoms. The Hall–Kier alpha value is -2.95. The van der Waals surface area contributed by atoms with Crippen LogP contribution < -0.4 is 10.6 Å². The van der Waals surface area contributed by atoms with Gasteiger partial charge in [-0.05, 0) is 30.0 Å². The Morgan fingerprint density at radius 3 is 1.79 bits per heavy atom. The number of benzene rings is 2. The molecule has 2 N–H and O–H groups in total. The molecule has 2 aromatic rings. The molecule has 148 valence electrons. The van der Waals surface area contributed by atoms with E-state index < -0.39 is 0 Å². The van der Waals surface area contributed by atoms with Crippen molar-refractivity contribution < 1.29 is 14.4 Å². The van der Waals surface area contributed by atoms with E-state index in [9.17, 15) is 14.4 Å². The molecule has 2 amide bonds. The summed E-state index contributed by atoms with van der Waals surface area (Å²) in [7, 11) is 0. The molecule has 2 rings (SSSR count). The summed E-state index contributed by atoms with van der Waals surface area (Å²) in [6.07, 6.45) is 0.736. The first kappa shape index (κ1) is 21.4. The van der Waals surface area contributed by atoms with Crippen molar-refractivity contribution in [2.45, 2.75) is 40.5 Å². The molecule has 0 atom stereocenters. The molecule has 5 nitrogen and oxygen atoms in total. The maximum absolute atomic E-state index is 12.7. The van der Waals surface area contributed by atoms with Crippen LogP contribution in [0.15, 0.2) is 48.5 Å². The lowest BCUT2D eigenvalue weighted by molar-refractivity contribution is -0.117. The van der Waals surface area contributed by atoms with Gasteiger partial charge >= 0.3 is 0 Å². The van der Waals surface area contributed by atoms with Crippen LogP contribution in [0, 0.1) is 11.8 Å². The van der Waals surface area contributed by atoms with Crippen LogP contribution in [-0.4, -0.2) is 17.6 Å². The molecule has 0 fully saturated rings. The average molecular weight is 380 g/mol. The van der Waals surface area contributed by atoms with E-state index in [0.29, 0.717) is 35.3 Å². The monoisotopic (exact) mass is 380 g/mol. The summed E-state index contributed by atoms with van der Waals surface area (Å²) in [5.74, 6) is 0.00112. The van der Waals surface area contributed by atoms with Gasteiger partial charge in [0.15, 0.2) is 5.78 Å². The highest BCUT2D eigenvalue weighted by atomic mass is 16.2. The van der Waals surface area contributed by atoms with Crippen molar-refractivity contribution in [3.63, 3.8) is 0 Å². The average Bonchev–Trinajstić information content (AvgIpc) is 2.62. The Kier molecular flexibility index (Phi) is 7.50. The Morgan fingerprint density at radius 1 is 0.714 bits per heavy atom. The lowest BCUT2D eigenvalue weighted by atomic mass is 10.0. The summed E-state index contributed by atoms with van der Waals surface area (Å²) in [5, 5.41) is 5.68. The van der Waals surface area contributed by atoms with E-state index in [4.69, 9.17) is 0 Å². The van der Waals surface area contributed by atoms with Crippen LogP contribution in [0.3, 0.4) is 0 Å². The summed E-state index contributed by atoms with van der Waals surface area (Å²) >= 11 is 0. The number of carbonyl (C=O) groups is 3. The van der Waals surface area contributed by atoms with E-state index in [1.165, 1.54) is 0 Å². The summed E-state index contributed by atoms with van der Waals surface area (Å²) in [6.45, 7) is 7.85. The number of hydrogen-bond acceptors (Lipinski definition) is 3. The molecule has 0 radical (unpaired) electrons. The highest BCUT2D eigenvalue weighted by Crippen LogP contribution is 2.26. The Balaban J connectivity index is 2.32. The minimum atomic E-state index is -0.154. The summed E-state index contributed by atoms with van der Waals surface area (Å²) < 4.78 is 0. The molecule has 5 heteroatoms. The lowest BCUT2D eigenvalue weighted by Crippen LogP contribution is -2.19. The number of rotatable bonds is 8. The molecule has 0 bridgehead atoms. The minimum Gasteiger partial charge on any atom is -0.324 e. The minimum absolute atomic E-state index is 0.128. The highest BCUT2D eigenvalue weighted by Gasteiger charge is 2.16. The van der Waals surface area contributed by atoms with Gasteiger partial charge in [0.1, 0.15) is 0 Å². The first-order valence-electron chi connectivity index (χ1n) is 9.59. The predicted molar refractivity (Wildman–Crippen MR) is 112 cm³/mol. The Morgan fingerprint density at radius 2 is 1.25 bits per heavy atom. The predicted octanol–water partition coefficient (Wildman–Crippen LogP) is 4.89. The van der Waals surface area contributed by atoms with Crippen LogP contribution in [0.5, 0.6) is 0 Å². The molecule has 0 unspecified atom stereocenters. The van der Waals surface area contributed by atoms with Crippen LogP contribution >= 0.6 is 0 Å². The van der Waals surface area contributed by atoms with E-state index in [-0.39, 0.29) is 29.4 Å². The van der Waals surface area contributed by atoms with Gasteiger partial charge in [-0.1, -0.05) is 58.0 Å². The van der Waals surface area contributed by atoms with Crippen LogP contribution in [0.1, 0.15) is 56.5 Å². The van der Waals surface area contributed by atoms with Crippen molar-refractivity contribution in [3.8, 4) is 0 Å². The number of anilines is 2. The van der Waals surface area contributed by atoms with E-state index in [0.717, 1.165) is 0 Å². The largest absolute Gasteiger partial charge is 0.324 e. The second-order valence-corrected chi connectivity index (χ2v) is 7.75. The van der Waals surface area contributed by atoms with Gasteiger partial charge in [-0.25, -0.2) is 0 Å². The molecular weight excluding hydrogens is 352 g/mol. The molecule has 0 saturated carbocycles. The zero-order valence-electron chi connectivity index (χ0n) is 16.9. The molecule has 0 aliphatic carbocycles. The highest BCUT2D eigenvalue weighted by molar-refractivity contribution is 6.11. The third-order valence-corrected chi connectivity index (χ3v) is 4.05. The van der Waals surface area contributed by atoms with Crippen LogP contribution in [0.4, 0.5) is 11.4 Å². The third kappa shape index (κ3) is 6.34. The van der Waals surface area contributed by atoms with Gasteiger partial charge in [-0.3, -0.25) is 14.4 Å². The van der Waals surface area contributed by atoms with Gasteiger partial charge in [0.25, 0.3) is 0 Å². The van der Waals surface area contributed by atoms with Crippen LogP contribution in [0.25, 0.3) is 0 Å². The summed E-state index contributed by atoms with van der Waals surface area (Å²) in [4.78, 5) is 37.2. The summed E-state index contributed by atoms with van der Waals surface area (Å²) in [5.41, 5.74) is 1.95. The smallest absolute Gasteiger partial charge is 0.224 e. The third-order valence-electron chi connectivity index (χ3n) is 4.05. The number of carbonyl (C=O) groups excluding carboxylic acids is 3. The quantitative estimate of drug-likeness (QED) is 0.641. The van der Waals surface area contributed by atoms with Crippen molar-refractivity contribution in [1.82, 2.24) is 0 Å². The fourth-order valence-electron chi connectivity index (χ4n) is 2.80. The first-order valence-corrected chi connectivity index (χ1v) is 9.59. The van der Waals surface area contributed by atoms with Crippen molar-refractivity contribution >= 4 is 29.0 Å². The van der Waals surface area contributed by atoms with Crippen molar-refractivity contribution in [3.05, 3.63) is 59.7 Å². The van der Waals surface area contributed by atoms with Crippen LogP contribution in [-0.2, 0) is 9.59 Å². The van der Waals surface area contributed by atoms with Crippen molar-refractivity contribution in [2.75, 3.05) is 10.6 Å². The number of ketones is 1. The molecule has 0 aliphatic rings. The SMILES string of the molecule is CC(C)CC(=O)Nc1ccc(C(=O)c2ccccc2)cc1NC(=O)CC(C)C. The van der Waals surface area contributed by atoms with Crippen molar-refractivity contribution in [2.24, 2.45) is 11.8 Å². The zero-order chi connectivity index (χ0) is 20.7. The second-order valence-electron chi connectivity index (χ2n) is 7.75. The van der Waals surface area contributed by atoms with E-state index >= 15 is 0 Å². The van der Waals surface area contributed by atoms with Gasteiger partial charge < -0.3 is 10.6 Å². The number of amides is 2. The molecule has 2 aromatic carbocycles. The number of nitrogens with one attached hydrogen (secondary N) is 2. The molecule has 0 heterocycles. The Labute approximate surface area is 166 Å². The van der Waals surface area contributed by atoms with Gasteiger partial charge in [-0.15, -0.1) is 0 Å². The summed E-state index contributed by atoms with van der Waals surface area (Å²) in [6, 6.07) is 13.9. The normalized spacial score (nSPS) is 10.8. The maximum Gasteiger partial charge on any atom is 0.224 e. The topological polar surface area (TPSA) is 75.3 Å². The molecule has 0 aromatic heterocycles. The van der Waals surface area contributed by atoms with Gasteiger partial charge in [-0.2, -0.15) is 0 Å². The fraction of sp³-hybridized carbons (Fsp3) is 0.348. The van der Waals surface area contributed by atoms with E-state index in [1.54, 1.807) is 42.5 Å². The Bertz CT molecular complexity index is 842. The zero-order valence-corrected chi connectivity index (χ0v) is 16.9. The standard InChI is InChI=1S/C23H28N2O3/c1-15(2)12-21(26)24-19-11-10-18(23(28)17-8-6-5-7-9-17)14-20(19)25-22(27)13-16(3)4/h5-11,14-16H,12-13H2,1-4H3,(H,24,26)(H,25,27). The van der Waals surface area contributed by atoms with Crippen LogP contribution in [0.2, 0.25) is 0 Å². The molecule has 0 saturated heterocycles. The van der Waals surface area contributed by atoms with Crippen molar-refractivity contribution in [1.29, 1.82) is 0 Å². The fourth-order valence-corrected chi connectivity index (χ4v) is 2.80.